The van der Waals surface area contributed by atoms with Crippen LogP contribution in [0.15, 0.2) is 30.9 Å². The monoisotopic (exact) mass is 273 g/mol. The molecule has 0 aliphatic rings. The van der Waals surface area contributed by atoms with E-state index >= 15 is 0 Å². The first-order valence-electron chi connectivity index (χ1n) is 5.02. The molecule has 0 radical (unpaired) electrons. The zero-order valence-electron chi connectivity index (χ0n) is 9.21. The zero-order valence-corrected chi connectivity index (χ0v) is 10.8. The van der Waals surface area contributed by atoms with Gasteiger partial charge in [-0.2, -0.15) is 0 Å². The van der Waals surface area contributed by atoms with Gasteiger partial charge in [0.05, 0.1) is 5.75 Å². The van der Waals surface area contributed by atoms with Gasteiger partial charge in [0.2, 0.25) is 5.91 Å². The van der Waals surface area contributed by atoms with E-state index in [4.69, 9.17) is 11.6 Å². The quantitative estimate of drug-likeness (QED) is 0.808. The summed E-state index contributed by atoms with van der Waals surface area (Å²) in [7, 11) is 0. The van der Waals surface area contributed by atoms with Crippen LogP contribution < -0.4 is 5.32 Å². The number of rotatable bonds is 6. The molecule has 0 unspecified atom stereocenters. The van der Waals surface area contributed by atoms with Gasteiger partial charge in [-0.15, -0.1) is 18.3 Å². The van der Waals surface area contributed by atoms with Gasteiger partial charge in [0.15, 0.2) is 0 Å². The Morgan fingerprint density at radius 1 is 1.59 bits per heavy atom. The van der Waals surface area contributed by atoms with Crippen molar-refractivity contribution in [3.05, 3.63) is 47.3 Å². The van der Waals surface area contributed by atoms with Crippen molar-refractivity contribution in [2.24, 2.45) is 0 Å². The molecule has 0 saturated carbocycles. The Hall–Kier alpha value is -1.00. The van der Waals surface area contributed by atoms with Gasteiger partial charge in [0.25, 0.3) is 0 Å². The smallest absolute Gasteiger partial charge is 0.230 e. The van der Waals surface area contributed by atoms with Crippen molar-refractivity contribution < 1.29 is 9.18 Å². The molecule has 1 aromatic rings. The predicted octanol–water partition coefficient (Wildman–Crippen LogP) is 3.01. The van der Waals surface area contributed by atoms with Crippen LogP contribution in [0.2, 0.25) is 5.02 Å². The number of nitrogens with one attached hydrogen (secondary N) is 1. The molecule has 2 nitrogen and oxygen atoms in total. The topological polar surface area (TPSA) is 29.1 Å². The van der Waals surface area contributed by atoms with Crippen LogP contribution in [0.3, 0.4) is 0 Å². The Morgan fingerprint density at radius 3 is 3.00 bits per heavy atom. The molecule has 0 heterocycles. The van der Waals surface area contributed by atoms with E-state index in [9.17, 15) is 9.18 Å². The molecule has 0 aromatic heterocycles. The first-order valence-corrected chi connectivity index (χ1v) is 6.56. The summed E-state index contributed by atoms with van der Waals surface area (Å²) in [5.74, 6) is 0.530. The lowest BCUT2D eigenvalue weighted by molar-refractivity contribution is -0.118. The van der Waals surface area contributed by atoms with E-state index < -0.39 is 0 Å². The highest BCUT2D eigenvalue weighted by Crippen LogP contribution is 2.21. The van der Waals surface area contributed by atoms with Gasteiger partial charge in [0.1, 0.15) is 5.82 Å². The summed E-state index contributed by atoms with van der Waals surface area (Å²) in [5.41, 5.74) is 0.828. The molecule has 92 valence electrons. The van der Waals surface area contributed by atoms with Crippen molar-refractivity contribution in [2.75, 3.05) is 12.3 Å². The number of benzene rings is 1. The second-order valence-electron chi connectivity index (χ2n) is 3.32. The molecule has 5 heteroatoms. The second kappa shape index (κ2) is 7.35. The number of hydrogen-bond donors (Lipinski definition) is 1. The maximum absolute atomic E-state index is 12.8. The van der Waals surface area contributed by atoms with Crippen molar-refractivity contribution >= 4 is 29.3 Å². The van der Waals surface area contributed by atoms with Crippen molar-refractivity contribution in [3.8, 4) is 0 Å². The van der Waals surface area contributed by atoms with E-state index in [1.54, 1.807) is 12.1 Å². The van der Waals surface area contributed by atoms with Crippen molar-refractivity contribution in [1.29, 1.82) is 0 Å². The molecule has 0 fully saturated rings. The third-order valence-electron chi connectivity index (χ3n) is 1.95. The molecule has 0 atom stereocenters. The normalized spacial score (nSPS) is 10.0. The second-order valence-corrected chi connectivity index (χ2v) is 4.71. The van der Waals surface area contributed by atoms with Gasteiger partial charge in [-0.05, 0) is 17.7 Å². The van der Waals surface area contributed by atoms with Gasteiger partial charge < -0.3 is 5.32 Å². The summed E-state index contributed by atoms with van der Waals surface area (Å²) >= 11 is 7.29. The highest BCUT2D eigenvalue weighted by Gasteiger charge is 2.04. The molecule has 0 aliphatic carbocycles. The molecule has 0 saturated heterocycles. The van der Waals surface area contributed by atoms with Crippen LogP contribution in [0.5, 0.6) is 0 Å². The third kappa shape index (κ3) is 5.24. The largest absolute Gasteiger partial charge is 0.352 e. The summed E-state index contributed by atoms with van der Waals surface area (Å²) in [5, 5.41) is 3.06. The Balaban J connectivity index is 2.35. The lowest BCUT2D eigenvalue weighted by Gasteiger charge is -2.04. The van der Waals surface area contributed by atoms with Gasteiger partial charge in [0, 0.05) is 17.3 Å². The molecular formula is C12H13ClFNOS. The average Bonchev–Trinajstić information content (AvgIpc) is 2.29. The van der Waals surface area contributed by atoms with Crippen LogP contribution in [0.25, 0.3) is 0 Å². The van der Waals surface area contributed by atoms with E-state index in [1.807, 2.05) is 0 Å². The summed E-state index contributed by atoms with van der Waals surface area (Å²) < 4.78 is 12.8. The maximum atomic E-state index is 12.8. The fraction of sp³-hybridized carbons (Fsp3) is 0.250. The first kappa shape index (κ1) is 14.1. The van der Waals surface area contributed by atoms with Crippen molar-refractivity contribution in [2.45, 2.75) is 5.75 Å². The fourth-order valence-corrected chi connectivity index (χ4v) is 2.30. The molecular weight excluding hydrogens is 261 g/mol. The lowest BCUT2D eigenvalue weighted by Crippen LogP contribution is -2.24. The number of amides is 1. The third-order valence-corrected chi connectivity index (χ3v) is 3.28. The van der Waals surface area contributed by atoms with Crippen LogP contribution in [-0.4, -0.2) is 18.2 Å². The fourth-order valence-electron chi connectivity index (χ4n) is 1.13. The van der Waals surface area contributed by atoms with Gasteiger partial charge >= 0.3 is 0 Å². The van der Waals surface area contributed by atoms with Crippen molar-refractivity contribution in [1.82, 2.24) is 5.32 Å². The highest BCUT2D eigenvalue weighted by molar-refractivity contribution is 7.99. The molecule has 1 amide bonds. The Bertz CT molecular complexity index is 411. The highest BCUT2D eigenvalue weighted by atomic mass is 35.5. The van der Waals surface area contributed by atoms with E-state index in [0.29, 0.717) is 23.1 Å². The SMILES string of the molecule is C=CCNC(=O)CSCc1ccc(F)cc1Cl. The molecule has 0 bridgehead atoms. The number of carbonyl (C=O) groups excluding carboxylic acids is 1. The van der Waals surface area contributed by atoms with Crippen LogP contribution in [0.1, 0.15) is 5.56 Å². The van der Waals surface area contributed by atoms with Gasteiger partial charge in [-0.1, -0.05) is 23.7 Å². The molecule has 0 aliphatic heterocycles. The van der Waals surface area contributed by atoms with Crippen LogP contribution in [-0.2, 0) is 10.5 Å². The Kier molecular flexibility index (Phi) is 6.08. The summed E-state index contributed by atoms with van der Waals surface area (Å²) in [4.78, 5) is 11.3. The van der Waals surface area contributed by atoms with Gasteiger partial charge in [-0.3, -0.25) is 4.79 Å². The minimum Gasteiger partial charge on any atom is -0.352 e. The number of carbonyl (C=O) groups is 1. The summed E-state index contributed by atoms with van der Waals surface area (Å²) in [6, 6.07) is 4.26. The number of hydrogen-bond acceptors (Lipinski definition) is 2. The molecule has 1 rings (SSSR count). The average molecular weight is 274 g/mol. The van der Waals surface area contributed by atoms with Gasteiger partial charge in [-0.25, -0.2) is 4.39 Å². The van der Waals surface area contributed by atoms with E-state index in [-0.39, 0.29) is 11.7 Å². The minimum atomic E-state index is -0.354. The summed E-state index contributed by atoms with van der Waals surface area (Å²) in [6.07, 6.45) is 1.62. The Labute approximate surface area is 109 Å². The lowest BCUT2D eigenvalue weighted by atomic mass is 10.2. The molecule has 17 heavy (non-hydrogen) atoms. The number of halogens is 2. The van der Waals surface area contributed by atoms with E-state index in [1.165, 1.54) is 23.9 Å². The first-order chi connectivity index (χ1) is 8.13. The Morgan fingerprint density at radius 2 is 2.35 bits per heavy atom. The predicted molar refractivity (Wildman–Crippen MR) is 70.8 cm³/mol. The maximum Gasteiger partial charge on any atom is 0.230 e. The van der Waals surface area contributed by atoms with Crippen molar-refractivity contribution in [3.63, 3.8) is 0 Å². The van der Waals surface area contributed by atoms with Crippen LogP contribution >= 0.6 is 23.4 Å². The summed E-state index contributed by atoms with van der Waals surface area (Å²) in [6.45, 7) is 3.97. The van der Waals surface area contributed by atoms with Crippen LogP contribution in [0.4, 0.5) is 4.39 Å². The van der Waals surface area contributed by atoms with Crippen LogP contribution in [0, 0.1) is 5.82 Å². The molecule has 1 N–H and O–H groups in total. The van der Waals surface area contributed by atoms with E-state index in [0.717, 1.165) is 5.56 Å². The van der Waals surface area contributed by atoms with E-state index in [2.05, 4.69) is 11.9 Å². The molecule has 0 spiro atoms. The zero-order chi connectivity index (χ0) is 12.7. The minimum absolute atomic E-state index is 0.0480. The standard InChI is InChI=1S/C12H13ClFNOS/c1-2-5-15-12(16)8-17-7-9-3-4-10(14)6-11(9)13/h2-4,6H,1,5,7-8H2,(H,15,16). The number of thioether (sulfide) groups is 1. The molecule has 1 aromatic carbocycles.